The molecule has 0 saturated carbocycles. The van der Waals surface area contributed by atoms with Gasteiger partial charge in [0.25, 0.3) is 15.9 Å². The van der Waals surface area contributed by atoms with Crippen LogP contribution in [0.5, 0.6) is 5.75 Å². The third-order valence-corrected chi connectivity index (χ3v) is 7.10. The number of ether oxygens (including phenoxy) is 1. The Labute approximate surface area is 201 Å². The molecule has 1 amide bonds. The van der Waals surface area contributed by atoms with Gasteiger partial charge < -0.3 is 10.1 Å². The van der Waals surface area contributed by atoms with Crippen LogP contribution in [0.1, 0.15) is 15.9 Å². The number of carbonyl (C=O) groups excluding carboxylic acids is 1. The smallest absolute Gasteiger partial charge is 0.416 e. The molecule has 1 heterocycles. The first kappa shape index (κ1) is 25.4. The van der Waals surface area contributed by atoms with E-state index in [9.17, 15) is 39.6 Å². The van der Waals surface area contributed by atoms with Crippen molar-refractivity contribution >= 4 is 21.6 Å². The summed E-state index contributed by atoms with van der Waals surface area (Å²) in [4.78, 5) is 11.9. The van der Waals surface area contributed by atoms with Crippen molar-refractivity contribution in [3.05, 3.63) is 77.6 Å². The fourth-order valence-electron chi connectivity index (χ4n) is 3.71. The Morgan fingerprint density at radius 3 is 2.42 bits per heavy atom. The largest absolute Gasteiger partial charge is 0.435 e. The van der Waals surface area contributed by atoms with Crippen LogP contribution >= 0.6 is 0 Å². The molecule has 3 aromatic rings. The van der Waals surface area contributed by atoms with Crippen molar-refractivity contribution in [3.63, 3.8) is 0 Å². The van der Waals surface area contributed by atoms with E-state index in [0.717, 1.165) is 40.7 Å². The van der Waals surface area contributed by atoms with E-state index in [0.29, 0.717) is 6.07 Å². The number of hydrogen-bond acceptors (Lipinski definition) is 4. The van der Waals surface area contributed by atoms with Gasteiger partial charge in [0.2, 0.25) is 0 Å². The van der Waals surface area contributed by atoms with Gasteiger partial charge in [-0.15, -0.1) is 0 Å². The predicted molar refractivity (Wildman–Crippen MR) is 117 cm³/mol. The molecule has 0 aliphatic carbocycles. The third kappa shape index (κ3) is 5.10. The molecule has 0 spiro atoms. The number of nitrogens with zero attached hydrogens (tertiary/aromatic N) is 1. The van der Waals surface area contributed by atoms with Crippen molar-refractivity contribution in [1.82, 2.24) is 5.32 Å². The molecule has 0 unspecified atom stereocenters. The summed E-state index contributed by atoms with van der Waals surface area (Å²) in [6, 6.07) is 9.78. The highest BCUT2D eigenvalue weighted by Gasteiger charge is 2.35. The van der Waals surface area contributed by atoms with Crippen molar-refractivity contribution in [3.8, 4) is 16.9 Å². The molecule has 0 fully saturated rings. The van der Waals surface area contributed by atoms with Gasteiger partial charge in [0.15, 0.2) is 0 Å². The van der Waals surface area contributed by atoms with Crippen molar-refractivity contribution in [2.75, 3.05) is 17.4 Å². The molecule has 0 aromatic heterocycles. The number of hydrogen-bond donors (Lipinski definition) is 1. The lowest BCUT2D eigenvalue weighted by molar-refractivity contribution is -0.137. The van der Waals surface area contributed by atoms with Gasteiger partial charge in [0.05, 0.1) is 28.3 Å². The normalized spacial score (nSPS) is 14.3. The molecule has 0 bridgehead atoms. The second kappa shape index (κ2) is 9.37. The Bertz CT molecular complexity index is 1430. The van der Waals surface area contributed by atoms with Crippen LogP contribution < -0.4 is 14.4 Å². The molecule has 36 heavy (non-hydrogen) atoms. The number of benzene rings is 3. The van der Waals surface area contributed by atoms with Crippen molar-refractivity contribution in [2.45, 2.75) is 17.7 Å². The quantitative estimate of drug-likeness (QED) is 0.469. The van der Waals surface area contributed by atoms with Gasteiger partial charge in [-0.2, -0.15) is 22.0 Å². The van der Waals surface area contributed by atoms with Crippen LogP contribution in [0.3, 0.4) is 0 Å². The Kier molecular flexibility index (Phi) is 6.60. The molecule has 13 heteroatoms. The lowest BCUT2D eigenvalue weighted by Gasteiger charge is -2.25. The summed E-state index contributed by atoms with van der Waals surface area (Å²) in [5, 5.41) is 2.50. The summed E-state index contributed by atoms with van der Waals surface area (Å²) in [7, 11) is -4.59. The van der Waals surface area contributed by atoms with Gasteiger partial charge in [-0.25, -0.2) is 12.8 Å². The summed E-state index contributed by atoms with van der Waals surface area (Å²) in [5.41, 5.74) is -1.28. The van der Waals surface area contributed by atoms with Crippen LogP contribution in [0.15, 0.2) is 65.6 Å². The van der Waals surface area contributed by atoms with Gasteiger partial charge in [0.1, 0.15) is 11.6 Å². The van der Waals surface area contributed by atoms with E-state index in [1.54, 1.807) is 0 Å². The minimum atomic E-state index is -4.79. The maximum atomic E-state index is 14.1. The maximum Gasteiger partial charge on any atom is 0.416 e. The van der Waals surface area contributed by atoms with E-state index >= 15 is 0 Å². The van der Waals surface area contributed by atoms with Crippen LogP contribution in [0.4, 0.5) is 32.0 Å². The van der Waals surface area contributed by atoms with E-state index in [1.165, 1.54) is 18.2 Å². The van der Waals surface area contributed by atoms with Gasteiger partial charge in [0, 0.05) is 12.6 Å². The summed E-state index contributed by atoms with van der Waals surface area (Å²) in [6.45, 7) is -3.68. The lowest BCUT2D eigenvalue weighted by atomic mass is 10.0. The first-order valence-corrected chi connectivity index (χ1v) is 11.7. The van der Waals surface area contributed by atoms with Gasteiger partial charge in [-0.3, -0.25) is 9.10 Å². The Morgan fingerprint density at radius 2 is 1.72 bits per heavy atom. The fourth-order valence-corrected chi connectivity index (χ4v) is 5.23. The number of rotatable bonds is 5. The maximum absolute atomic E-state index is 14.1. The number of anilines is 1. The van der Waals surface area contributed by atoms with Gasteiger partial charge in [-0.1, -0.05) is 12.1 Å². The molecule has 0 saturated heterocycles. The van der Waals surface area contributed by atoms with Crippen LogP contribution in [-0.4, -0.2) is 34.0 Å². The molecular weight excluding hydrogens is 514 g/mol. The minimum absolute atomic E-state index is 0.0366. The summed E-state index contributed by atoms with van der Waals surface area (Å²) < 4.78 is 111. The van der Waals surface area contributed by atoms with Crippen LogP contribution in [0, 0.1) is 5.82 Å². The minimum Gasteiger partial charge on any atom is -0.435 e. The number of halogens is 6. The molecule has 6 nitrogen and oxygen atoms in total. The zero-order valence-corrected chi connectivity index (χ0v) is 18.8. The molecule has 4 rings (SSSR count). The van der Waals surface area contributed by atoms with Gasteiger partial charge in [-0.05, 0) is 53.6 Å². The Balaban J connectivity index is 1.84. The Morgan fingerprint density at radius 1 is 0.972 bits per heavy atom. The number of carbonyl (C=O) groups is 1. The van der Waals surface area contributed by atoms with E-state index in [-0.39, 0.29) is 35.5 Å². The summed E-state index contributed by atoms with van der Waals surface area (Å²) >= 11 is 0. The second-order valence-corrected chi connectivity index (χ2v) is 9.51. The van der Waals surface area contributed by atoms with E-state index in [2.05, 4.69) is 10.1 Å². The van der Waals surface area contributed by atoms with Crippen molar-refractivity contribution in [2.24, 2.45) is 0 Å². The molecule has 1 aliphatic heterocycles. The second-order valence-electron chi connectivity index (χ2n) is 7.64. The van der Waals surface area contributed by atoms with E-state index < -0.39 is 50.7 Å². The van der Waals surface area contributed by atoms with Crippen LogP contribution in [0.2, 0.25) is 0 Å². The van der Waals surface area contributed by atoms with Crippen molar-refractivity contribution in [1.29, 1.82) is 0 Å². The van der Waals surface area contributed by atoms with Crippen LogP contribution in [-0.2, 0) is 16.2 Å². The molecular formula is C23H16F6N2O4S. The number of fused-ring (bicyclic) bond motifs is 1. The highest BCUT2D eigenvalue weighted by molar-refractivity contribution is 7.92. The van der Waals surface area contributed by atoms with Crippen LogP contribution in [0.25, 0.3) is 11.1 Å². The first-order chi connectivity index (χ1) is 16.9. The molecule has 1 aliphatic rings. The zero-order chi connectivity index (χ0) is 26.3. The monoisotopic (exact) mass is 530 g/mol. The predicted octanol–water partition coefficient (Wildman–Crippen LogP) is 5.05. The third-order valence-electron chi connectivity index (χ3n) is 5.29. The number of amides is 1. The fraction of sp³-hybridized carbons (Fsp3) is 0.174. The summed E-state index contributed by atoms with van der Waals surface area (Å²) in [6.07, 6.45) is -4.79. The molecule has 190 valence electrons. The number of nitrogens with one attached hydrogen (secondary N) is 1. The Hall–Kier alpha value is -3.74. The lowest BCUT2D eigenvalue weighted by Crippen LogP contribution is -2.35. The topological polar surface area (TPSA) is 75.7 Å². The number of sulfonamides is 1. The SMILES string of the molecule is O=C1NCCN(S(=O)(=O)c2cccc(C(F)(F)F)c2)c2cc(-c3cc(F)cc(OC(F)F)c3)ccc21. The highest BCUT2D eigenvalue weighted by atomic mass is 32.2. The highest BCUT2D eigenvalue weighted by Crippen LogP contribution is 2.36. The summed E-state index contributed by atoms with van der Waals surface area (Å²) in [5.74, 6) is -2.04. The first-order valence-electron chi connectivity index (χ1n) is 10.2. The van der Waals surface area contributed by atoms with Gasteiger partial charge >= 0.3 is 12.8 Å². The van der Waals surface area contributed by atoms with E-state index in [4.69, 9.17) is 0 Å². The average Bonchev–Trinajstić information content (AvgIpc) is 2.96. The molecule has 0 radical (unpaired) electrons. The van der Waals surface area contributed by atoms with E-state index in [1.807, 2.05) is 0 Å². The number of alkyl halides is 5. The molecule has 3 aromatic carbocycles. The molecule has 0 atom stereocenters. The standard InChI is InChI=1S/C23H16F6N2O4S/c24-16-8-14(9-17(12-16)35-22(25)26)13-4-5-19-20(10-13)31(7-6-30-21(19)32)36(33,34)18-3-1-2-15(11-18)23(27,28)29/h1-5,8-12,22H,6-7H2,(H,30,32). The van der Waals surface area contributed by atoms with Crippen molar-refractivity contribution < 1.29 is 44.3 Å². The average molecular weight is 530 g/mol. The zero-order valence-electron chi connectivity index (χ0n) is 18.0. The molecule has 1 N–H and O–H groups in total.